The summed E-state index contributed by atoms with van der Waals surface area (Å²) in [4.78, 5) is 42.0. The molecule has 0 aliphatic carbocycles. The van der Waals surface area contributed by atoms with Gasteiger partial charge in [-0.1, -0.05) is 42.5 Å². The molecule has 0 bridgehead atoms. The highest BCUT2D eigenvalue weighted by atomic mass is 16.5. The highest BCUT2D eigenvalue weighted by Gasteiger charge is 2.37. The second-order valence-corrected chi connectivity index (χ2v) is 8.45. The molecule has 3 amide bonds. The Balaban J connectivity index is 1.31. The molecule has 2 heterocycles. The number of carbonyl (C=O) groups is 3. The first-order valence-corrected chi connectivity index (χ1v) is 11.0. The van der Waals surface area contributed by atoms with Crippen molar-refractivity contribution in [3.05, 3.63) is 101 Å². The molecule has 0 spiro atoms. The van der Waals surface area contributed by atoms with E-state index in [0.717, 1.165) is 17.7 Å². The summed E-state index contributed by atoms with van der Waals surface area (Å²) in [5.41, 5.74) is 3.15. The van der Waals surface area contributed by atoms with Crippen molar-refractivity contribution in [2.75, 3.05) is 20.2 Å². The molecule has 0 N–H and O–H groups in total. The van der Waals surface area contributed by atoms with Gasteiger partial charge in [0, 0.05) is 24.6 Å². The van der Waals surface area contributed by atoms with E-state index in [2.05, 4.69) is 0 Å². The van der Waals surface area contributed by atoms with Gasteiger partial charge in [-0.3, -0.25) is 19.3 Å². The predicted molar refractivity (Wildman–Crippen MR) is 123 cm³/mol. The van der Waals surface area contributed by atoms with Crippen molar-refractivity contribution in [1.82, 2.24) is 9.80 Å². The Hall–Kier alpha value is -3.93. The van der Waals surface area contributed by atoms with E-state index in [1.54, 1.807) is 25.3 Å². The van der Waals surface area contributed by atoms with Crippen molar-refractivity contribution in [3.63, 3.8) is 0 Å². The largest absolute Gasteiger partial charge is 0.497 e. The normalized spacial score (nSPS) is 17.4. The van der Waals surface area contributed by atoms with Crippen LogP contribution < -0.4 is 4.74 Å². The minimum atomic E-state index is -0.356. The first-order valence-electron chi connectivity index (χ1n) is 11.0. The van der Waals surface area contributed by atoms with Crippen LogP contribution in [0.15, 0.2) is 72.8 Å². The molecule has 6 nitrogen and oxygen atoms in total. The fraction of sp³-hybridized carbons (Fsp3) is 0.222. The van der Waals surface area contributed by atoms with Crippen molar-refractivity contribution in [2.45, 2.75) is 18.9 Å². The van der Waals surface area contributed by atoms with E-state index in [0.29, 0.717) is 29.8 Å². The molecule has 2 aliphatic rings. The first-order chi connectivity index (χ1) is 16.0. The van der Waals surface area contributed by atoms with Crippen LogP contribution in [-0.4, -0.2) is 47.7 Å². The monoisotopic (exact) mass is 440 g/mol. The molecule has 1 saturated heterocycles. The molecule has 2 aliphatic heterocycles. The maximum absolute atomic E-state index is 13.2. The summed E-state index contributed by atoms with van der Waals surface area (Å²) < 4.78 is 5.22. The van der Waals surface area contributed by atoms with E-state index in [4.69, 9.17) is 4.74 Å². The van der Waals surface area contributed by atoms with Crippen LogP contribution in [0.5, 0.6) is 5.75 Å². The highest BCUT2D eigenvalue weighted by Crippen LogP contribution is 2.31. The van der Waals surface area contributed by atoms with Gasteiger partial charge in [0.25, 0.3) is 17.7 Å². The zero-order chi connectivity index (χ0) is 22.9. The van der Waals surface area contributed by atoms with Gasteiger partial charge in [0.05, 0.1) is 24.8 Å². The number of ether oxygens (including phenoxy) is 1. The van der Waals surface area contributed by atoms with Crippen molar-refractivity contribution >= 4 is 17.7 Å². The van der Waals surface area contributed by atoms with Gasteiger partial charge in [0.15, 0.2) is 0 Å². The van der Waals surface area contributed by atoms with E-state index >= 15 is 0 Å². The van der Waals surface area contributed by atoms with Gasteiger partial charge >= 0.3 is 0 Å². The van der Waals surface area contributed by atoms with Crippen LogP contribution in [0.2, 0.25) is 0 Å². The number of hydrogen-bond acceptors (Lipinski definition) is 4. The van der Waals surface area contributed by atoms with Gasteiger partial charge in [-0.25, -0.2) is 0 Å². The lowest BCUT2D eigenvalue weighted by Crippen LogP contribution is -2.29. The molecule has 0 saturated carbocycles. The number of carbonyl (C=O) groups excluding carboxylic acids is 3. The smallest absolute Gasteiger partial charge is 0.261 e. The Morgan fingerprint density at radius 3 is 2.39 bits per heavy atom. The van der Waals surface area contributed by atoms with Gasteiger partial charge in [-0.15, -0.1) is 0 Å². The maximum Gasteiger partial charge on any atom is 0.261 e. The molecular formula is C27H24N2O4. The number of hydrogen-bond donors (Lipinski definition) is 0. The van der Waals surface area contributed by atoms with Crippen LogP contribution in [0.3, 0.4) is 0 Å². The SMILES string of the molecule is COc1ccc(C2CCN(C(=O)c3ccc4c(c3)C(=O)N(Cc3ccccc3)C4=O)C2)cc1. The summed E-state index contributed by atoms with van der Waals surface area (Å²) in [5, 5.41) is 0. The number of amides is 3. The number of benzene rings is 3. The third-order valence-electron chi connectivity index (χ3n) is 6.46. The fourth-order valence-electron chi connectivity index (χ4n) is 4.61. The van der Waals surface area contributed by atoms with Crippen molar-refractivity contribution in [3.8, 4) is 5.75 Å². The fourth-order valence-corrected chi connectivity index (χ4v) is 4.61. The molecule has 5 rings (SSSR count). The van der Waals surface area contributed by atoms with Crippen LogP contribution in [0.4, 0.5) is 0 Å². The maximum atomic E-state index is 13.2. The molecule has 6 heteroatoms. The van der Waals surface area contributed by atoms with Crippen LogP contribution in [0.25, 0.3) is 0 Å². The molecule has 0 aromatic heterocycles. The topological polar surface area (TPSA) is 66.9 Å². The van der Waals surface area contributed by atoms with Crippen LogP contribution in [-0.2, 0) is 6.54 Å². The summed E-state index contributed by atoms with van der Waals surface area (Å²) in [7, 11) is 1.64. The van der Waals surface area contributed by atoms with Gasteiger partial charge in [-0.05, 0) is 47.9 Å². The third-order valence-corrected chi connectivity index (χ3v) is 6.46. The summed E-state index contributed by atoms with van der Waals surface area (Å²) in [5.74, 6) is 0.280. The molecule has 3 aromatic carbocycles. The summed E-state index contributed by atoms with van der Waals surface area (Å²) in [6.07, 6.45) is 0.880. The zero-order valence-corrected chi connectivity index (χ0v) is 18.4. The lowest BCUT2D eigenvalue weighted by atomic mass is 9.98. The predicted octanol–water partition coefficient (Wildman–Crippen LogP) is 4.12. The van der Waals surface area contributed by atoms with Crippen LogP contribution >= 0.6 is 0 Å². The summed E-state index contributed by atoms with van der Waals surface area (Å²) >= 11 is 0. The average Bonchev–Trinajstić information content (AvgIpc) is 3.44. The van der Waals surface area contributed by atoms with Gasteiger partial charge < -0.3 is 9.64 Å². The first kappa shape index (κ1) is 20.9. The van der Waals surface area contributed by atoms with E-state index in [1.165, 1.54) is 10.5 Å². The third kappa shape index (κ3) is 3.89. The number of fused-ring (bicyclic) bond motifs is 1. The Kier molecular flexibility index (Phi) is 5.42. The molecule has 3 aromatic rings. The second-order valence-electron chi connectivity index (χ2n) is 8.45. The zero-order valence-electron chi connectivity index (χ0n) is 18.4. The quantitative estimate of drug-likeness (QED) is 0.560. The van der Waals surface area contributed by atoms with Gasteiger partial charge in [-0.2, -0.15) is 0 Å². The molecular weight excluding hydrogens is 416 g/mol. The lowest BCUT2D eigenvalue weighted by Gasteiger charge is -2.17. The summed E-state index contributed by atoms with van der Waals surface area (Å²) in [6, 6.07) is 22.2. The Labute approximate surface area is 192 Å². The van der Waals surface area contributed by atoms with Crippen LogP contribution in [0, 0.1) is 0 Å². The molecule has 33 heavy (non-hydrogen) atoms. The van der Waals surface area contributed by atoms with E-state index in [9.17, 15) is 14.4 Å². The number of rotatable bonds is 5. The number of methoxy groups -OCH3 is 1. The van der Waals surface area contributed by atoms with Gasteiger partial charge in [0.2, 0.25) is 0 Å². The molecule has 1 unspecified atom stereocenters. The van der Waals surface area contributed by atoms with Gasteiger partial charge in [0.1, 0.15) is 5.75 Å². The van der Waals surface area contributed by atoms with Crippen molar-refractivity contribution < 1.29 is 19.1 Å². The molecule has 0 radical (unpaired) electrons. The highest BCUT2D eigenvalue weighted by molar-refractivity contribution is 6.22. The minimum absolute atomic E-state index is 0.115. The Bertz CT molecular complexity index is 1220. The second kappa shape index (κ2) is 8.54. The number of likely N-dealkylation sites (tertiary alicyclic amines) is 1. The van der Waals surface area contributed by atoms with Crippen LogP contribution in [0.1, 0.15) is 54.5 Å². The van der Waals surface area contributed by atoms with E-state index < -0.39 is 0 Å². The molecule has 1 fully saturated rings. The standard InChI is InChI=1S/C27H24N2O4/c1-33-22-10-7-19(8-11-22)21-13-14-28(17-21)25(30)20-9-12-23-24(15-20)27(32)29(26(23)31)16-18-5-3-2-4-6-18/h2-12,15,21H,13-14,16-17H2,1H3. The molecule has 166 valence electrons. The Morgan fingerprint density at radius 2 is 1.67 bits per heavy atom. The van der Waals surface area contributed by atoms with E-state index in [1.807, 2.05) is 59.5 Å². The average molecular weight is 440 g/mol. The summed E-state index contributed by atoms with van der Waals surface area (Å²) in [6.45, 7) is 1.49. The minimum Gasteiger partial charge on any atom is -0.497 e. The number of nitrogens with zero attached hydrogens (tertiary/aromatic N) is 2. The van der Waals surface area contributed by atoms with E-state index in [-0.39, 0.29) is 30.2 Å². The molecule has 1 atom stereocenters. The Morgan fingerprint density at radius 1 is 0.939 bits per heavy atom. The lowest BCUT2D eigenvalue weighted by molar-refractivity contribution is 0.0642. The van der Waals surface area contributed by atoms with Crippen molar-refractivity contribution in [2.24, 2.45) is 0 Å². The van der Waals surface area contributed by atoms with Crippen molar-refractivity contribution in [1.29, 1.82) is 0 Å². The number of imide groups is 1.